The van der Waals surface area contributed by atoms with Crippen LogP contribution in [0.15, 0.2) is 24.3 Å². The van der Waals surface area contributed by atoms with Crippen LogP contribution in [-0.2, 0) is 6.42 Å². The molecule has 1 aliphatic carbocycles. The lowest BCUT2D eigenvalue weighted by atomic mass is 9.99. The highest BCUT2D eigenvalue weighted by Gasteiger charge is 2.58. The Balaban J connectivity index is 2.14. The Morgan fingerprint density at radius 1 is 1.40 bits per heavy atom. The SMILES string of the molecule is Cc1cccc(CC(F)(F)C2(N)CC2)c1. The maximum atomic E-state index is 13.7. The number of halogens is 2. The minimum absolute atomic E-state index is 0.245. The molecule has 82 valence electrons. The number of alkyl halides is 2. The summed E-state index contributed by atoms with van der Waals surface area (Å²) in [6.45, 7) is 1.90. The van der Waals surface area contributed by atoms with Gasteiger partial charge in [0.1, 0.15) is 0 Å². The molecule has 2 N–H and O–H groups in total. The van der Waals surface area contributed by atoms with Crippen molar-refractivity contribution in [2.24, 2.45) is 5.73 Å². The maximum Gasteiger partial charge on any atom is 0.269 e. The second kappa shape index (κ2) is 3.27. The van der Waals surface area contributed by atoms with Gasteiger partial charge in [0.25, 0.3) is 5.92 Å². The van der Waals surface area contributed by atoms with E-state index in [1.165, 1.54) is 0 Å². The van der Waals surface area contributed by atoms with Gasteiger partial charge in [0.2, 0.25) is 0 Å². The van der Waals surface area contributed by atoms with Gasteiger partial charge in [-0.1, -0.05) is 29.8 Å². The van der Waals surface area contributed by atoms with Crippen LogP contribution in [0.25, 0.3) is 0 Å². The lowest BCUT2D eigenvalue weighted by molar-refractivity contribution is -0.0350. The molecule has 1 fully saturated rings. The third kappa shape index (κ3) is 2.02. The van der Waals surface area contributed by atoms with Crippen molar-refractivity contribution in [2.45, 2.75) is 37.6 Å². The summed E-state index contributed by atoms with van der Waals surface area (Å²) in [5, 5.41) is 0. The van der Waals surface area contributed by atoms with Gasteiger partial charge in [-0.25, -0.2) is 8.78 Å². The summed E-state index contributed by atoms with van der Waals surface area (Å²) in [4.78, 5) is 0. The first kappa shape index (κ1) is 10.6. The Bertz CT molecular complexity index is 370. The summed E-state index contributed by atoms with van der Waals surface area (Å²) in [7, 11) is 0. The number of hydrogen-bond donors (Lipinski definition) is 1. The second-order valence-electron chi connectivity index (χ2n) is 4.53. The fraction of sp³-hybridized carbons (Fsp3) is 0.500. The second-order valence-corrected chi connectivity index (χ2v) is 4.53. The van der Waals surface area contributed by atoms with Crippen molar-refractivity contribution < 1.29 is 8.78 Å². The van der Waals surface area contributed by atoms with Gasteiger partial charge in [0, 0.05) is 6.42 Å². The minimum Gasteiger partial charge on any atom is -0.320 e. The van der Waals surface area contributed by atoms with Crippen molar-refractivity contribution in [1.82, 2.24) is 0 Å². The average molecular weight is 211 g/mol. The van der Waals surface area contributed by atoms with Gasteiger partial charge < -0.3 is 5.73 Å². The van der Waals surface area contributed by atoms with E-state index < -0.39 is 11.5 Å². The molecule has 0 amide bonds. The fourth-order valence-electron chi connectivity index (χ4n) is 1.75. The van der Waals surface area contributed by atoms with Gasteiger partial charge in [-0.2, -0.15) is 0 Å². The highest BCUT2D eigenvalue weighted by atomic mass is 19.3. The molecule has 15 heavy (non-hydrogen) atoms. The summed E-state index contributed by atoms with van der Waals surface area (Å²) >= 11 is 0. The molecule has 0 saturated heterocycles. The molecule has 0 unspecified atom stereocenters. The zero-order valence-electron chi connectivity index (χ0n) is 8.76. The van der Waals surface area contributed by atoms with E-state index in [0.29, 0.717) is 18.4 Å². The highest BCUT2D eigenvalue weighted by molar-refractivity contribution is 5.25. The highest BCUT2D eigenvalue weighted by Crippen LogP contribution is 2.47. The number of rotatable bonds is 3. The van der Waals surface area contributed by atoms with E-state index in [1.54, 1.807) is 18.2 Å². The van der Waals surface area contributed by atoms with Crippen molar-refractivity contribution in [1.29, 1.82) is 0 Å². The average Bonchev–Trinajstić information content (AvgIpc) is 2.84. The number of aryl methyl sites for hydroxylation is 1. The predicted molar refractivity (Wildman–Crippen MR) is 56.0 cm³/mol. The third-order valence-electron chi connectivity index (χ3n) is 3.03. The number of nitrogens with two attached hydrogens (primary N) is 1. The van der Waals surface area contributed by atoms with Crippen molar-refractivity contribution in [3.63, 3.8) is 0 Å². The van der Waals surface area contributed by atoms with E-state index in [-0.39, 0.29) is 6.42 Å². The molecule has 1 aliphatic rings. The summed E-state index contributed by atoms with van der Waals surface area (Å²) in [6.07, 6.45) is 0.628. The van der Waals surface area contributed by atoms with Gasteiger partial charge in [-0.15, -0.1) is 0 Å². The molecule has 0 aromatic heterocycles. The van der Waals surface area contributed by atoms with E-state index in [1.807, 2.05) is 13.0 Å². The van der Waals surface area contributed by atoms with Crippen LogP contribution in [0.2, 0.25) is 0 Å². The molecule has 1 aromatic carbocycles. The molecule has 0 bridgehead atoms. The zero-order chi connectivity index (χ0) is 11.1. The van der Waals surface area contributed by atoms with Crippen molar-refractivity contribution in [2.75, 3.05) is 0 Å². The molecular weight excluding hydrogens is 196 g/mol. The number of hydrogen-bond acceptors (Lipinski definition) is 1. The van der Waals surface area contributed by atoms with Gasteiger partial charge in [-0.3, -0.25) is 0 Å². The van der Waals surface area contributed by atoms with Crippen LogP contribution in [0.3, 0.4) is 0 Å². The van der Waals surface area contributed by atoms with E-state index >= 15 is 0 Å². The Kier molecular flexibility index (Phi) is 2.30. The van der Waals surface area contributed by atoms with Crippen LogP contribution in [0.4, 0.5) is 8.78 Å². The largest absolute Gasteiger partial charge is 0.320 e. The molecule has 1 saturated carbocycles. The minimum atomic E-state index is -2.78. The van der Waals surface area contributed by atoms with Crippen LogP contribution >= 0.6 is 0 Å². The van der Waals surface area contributed by atoms with Crippen LogP contribution < -0.4 is 5.73 Å². The molecule has 0 spiro atoms. The van der Waals surface area contributed by atoms with Crippen LogP contribution in [0.1, 0.15) is 24.0 Å². The first-order chi connectivity index (χ1) is 6.93. The molecule has 0 radical (unpaired) electrons. The zero-order valence-corrected chi connectivity index (χ0v) is 8.76. The topological polar surface area (TPSA) is 26.0 Å². The maximum absolute atomic E-state index is 13.7. The van der Waals surface area contributed by atoms with E-state index in [4.69, 9.17) is 5.73 Å². The fourth-order valence-corrected chi connectivity index (χ4v) is 1.75. The van der Waals surface area contributed by atoms with E-state index in [0.717, 1.165) is 5.56 Å². The molecule has 2 rings (SSSR count). The normalized spacial score (nSPS) is 18.9. The Hall–Kier alpha value is -0.960. The lowest BCUT2D eigenvalue weighted by Gasteiger charge is -2.23. The molecule has 1 nitrogen and oxygen atoms in total. The molecular formula is C12H15F2N. The number of benzene rings is 1. The van der Waals surface area contributed by atoms with Gasteiger partial charge in [-0.05, 0) is 25.3 Å². The van der Waals surface area contributed by atoms with E-state index in [9.17, 15) is 8.78 Å². The van der Waals surface area contributed by atoms with Crippen molar-refractivity contribution >= 4 is 0 Å². The Labute approximate surface area is 88.3 Å². The van der Waals surface area contributed by atoms with Crippen LogP contribution in [-0.4, -0.2) is 11.5 Å². The monoisotopic (exact) mass is 211 g/mol. The smallest absolute Gasteiger partial charge is 0.269 e. The standard InChI is InChI=1S/C12H15F2N/c1-9-3-2-4-10(7-9)8-12(13,14)11(15)5-6-11/h2-4,7H,5-6,8,15H2,1H3. The molecule has 0 heterocycles. The molecule has 0 aliphatic heterocycles. The van der Waals surface area contributed by atoms with Gasteiger partial charge >= 0.3 is 0 Å². The predicted octanol–water partition coefficient (Wildman–Crippen LogP) is 2.66. The molecule has 3 heteroatoms. The Morgan fingerprint density at radius 3 is 2.60 bits per heavy atom. The molecule has 0 atom stereocenters. The first-order valence-electron chi connectivity index (χ1n) is 5.15. The van der Waals surface area contributed by atoms with Gasteiger partial charge in [0.05, 0.1) is 5.54 Å². The van der Waals surface area contributed by atoms with E-state index in [2.05, 4.69) is 0 Å². The summed E-state index contributed by atoms with van der Waals surface area (Å²) in [6, 6.07) is 7.22. The summed E-state index contributed by atoms with van der Waals surface area (Å²) < 4.78 is 27.4. The van der Waals surface area contributed by atoms with Crippen molar-refractivity contribution in [3.05, 3.63) is 35.4 Å². The third-order valence-corrected chi connectivity index (χ3v) is 3.03. The first-order valence-corrected chi connectivity index (χ1v) is 5.15. The van der Waals surface area contributed by atoms with Crippen molar-refractivity contribution in [3.8, 4) is 0 Å². The molecule has 1 aromatic rings. The van der Waals surface area contributed by atoms with Crippen LogP contribution in [0.5, 0.6) is 0 Å². The quantitative estimate of drug-likeness (QED) is 0.817. The lowest BCUT2D eigenvalue weighted by Crippen LogP contribution is -2.45. The van der Waals surface area contributed by atoms with Crippen LogP contribution in [0, 0.1) is 6.92 Å². The summed E-state index contributed by atoms with van der Waals surface area (Å²) in [5.41, 5.74) is 5.99. The summed E-state index contributed by atoms with van der Waals surface area (Å²) in [5.74, 6) is -2.78. The van der Waals surface area contributed by atoms with Gasteiger partial charge in [0.15, 0.2) is 0 Å². The Morgan fingerprint density at radius 2 is 2.07 bits per heavy atom.